The molecular weight excluding hydrogens is 286 g/mol. The van der Waals surface area contributed by atoms with Crippen molar-refractivity contribution in [1.82, 2.24) is 10.4 Å². The Morgan fingerprint density at radius 1 is 1.14 bits per heavy atom. The van der Waals surface area contributed by atoms with Gasteiger partial charge >= 0.3 is 0 Å². The van der Waals surface area contributed by atoms with Crippen LogP contribution >= 0.6 is 11.6 Å². The van der Waals surface area contributed by atoms with E-state index in [-0.39, 0.29) is 5.91 Å². The van der Waals surface area contributed by atoms with Crippen molar-refractivity contribution in [2.75, 3.05) is 0 Å². The normalized spacial score (nSPS) is 11.1. The standard InChI is InChI=1S/C16H12ClN3O/c17-13-7-5-11(6-8-13)16(21)20-19-10-12-9-18-15-4-2-1-3-14(12)15/h1-10,18H,(H,20,21)/b19-10+. The fraction of sp³-hybridized carbons (Fsp3) is 0. The Labute approximate surface area is 126 Å². The molecule has 0 unspecified atom stereocenters. The molecule has 0 saturated heterocycles. The van der Waals surface area contributed by atoms with Crippen LogP contribution in [0.25, 0.3) is 10.9 Å². The second-order valence-corrected chi connectivity index (χ2v) is 4.93. The third kappa shape index (κ3) is 2.95. The highest BCUT2D eigenvalue weighted by Crippen LogP contribution is 2.15. The second-order valence-electron chi connectivity index (χ2n) is 4.50. The van der Waals surface area contributed by atoms with Gasteiger partial charge in [-0.25, -0.2) is 5.43 Å². The Bertz CT molecular complexity index is 806. The van der Waals surface area contributed by atoms with Crippen molar-refractivity contribution in [2.24, 2.45) is 5.10 Å². The van der Waals surface area contributed by atoms with Crippen LogP contribution in [0.1, 0.15) is 15.9 Å². The molecule has 0 fully saturated rings. The van der Waals surface area contributed by atoms with Gasteiger partial charge in [0.1, 0.15) is 0 Å². The number of nitrogens with one attached hydrogen (secondary N) is 2. The molecule has 0 saturated carbocycles. The van der Waals surface area contributed by atoms with E-state index >= 15 is 0 Å². The number of aromatic nitrogens is 1. The number of hydrogen-bond acceptors (Lipinski definition) is 2. The number of rotatable bonds is 3. The highest BCUT2D eigenvalue weighted by Gasteiger charge is 2.04. The Kier molecular flexibility index (Phi) is 3.71. The zero-order chi connectivity index (χ0) is 14.7. The van der Waals surface area contributed by atoms with Gasteiger partial charge in [0.05, 0.1) is 6.21 Å². The van der Waals surface area contributed by atoms with Gasteiger partial charge in [-0.05, 0) is 30.3 Å². The quantitative estimate of drug-likeness (QED) is 0.563. The van der Waals surface area contributed by atoms with Crippen LogP contribution in [-0.4, -0.2) is 17.1 Å². The summed E-state index contributed by atoms with van der Waals surface area (Å²) in [6, 6.07) is 14.5. The molecule has 21 heavy (non-hydrogen) atoms. The molecular formula is C16H12ClN3O. The van der Waals surface area contributed by atoms with Gasteiger partial charge in [-0.3, -0.25) is 4.79 Å². The average molecular weight is 298 g/mol. The lowest BCUT2D eigenvalue weighted by Gasteiger charge is -1.99. The van der Waals surface area contributed by atoms with Crippen LogP contribution in [0.4, 0.5) is 0 Å². The maximum atomic E-state index is 11.9. The predicted octanol–water partition coefficient (Wildman–Crippen LogP) is 3.59. The number of hydrogen-bond donors (Lipinski definition) is 2. The molecule has 5 heteroatoms. The summed E-state index contributed by atoms with van der Waals surface area (Å²) in [5, 5.41) is 5.63. The minimum absolute atomic E-state index is 0.275. The molecule has 1 heterocycles. The maximum Gasteiger partial charge on any atom is 0.271 e. The van der Waals surface area contributed by atoms with Crippen LogP contribution in [0.5, 0.6) is 0 Å². The number of amides is 1. The van der Waals surface area contributed by atoms with Gasteiger partial charge in [0, 0.05) is 33.2 Å². The van der Waals surface area contributed by atoms with Gasteiger partial charge in [0.15, 0.2) is 0 Å². The molecule has 3 rings (SSSR count). The van der Waals surface area contributed by atoms with Gasteiger partial charge in [0.2, 0.25) is 0 Å². The van der Waals surface area contributed by atoms with E-state index in [9.17, 15) is 4.79 Å². The fourth-order valence-corrected chi connectivity index (χ4v) is 2.15. The molecule has 0 aliphatic rings. The van der Waals surface area contributed by atoms with Crippen LogP contribution in [0.3, 0.4) is 0 Å². The van der Waals surface area contributed by atoms with Gasteiger partial charge in [-0.15, -0.1) is 0 Å². The van der Waals surface area contributed by atoms with Crippen molar-refractivity contribution < 1.29 is 4.79 Å². The highest BCUT2D eigenvalue weighted by atomic mass is 35.5. The van der Waals surface area contributed by atoms with Crippen LogP contribution in [0, 0.1) is 0 Å². The van der Waals surface area contributed by atoms with Gasteiger partial charge in [-0.1, -0.05) is 29.8 Å². The fourth-order valence-electron chi connectivity index (χ4n) is 2.03. The van der Waals surface area contributed by atoms with E-state index in [0.717, 1.165) is 16.5 Å². The van der Waals surface area contributed by atoms with Crippen molar-refractivity contribution >= 4 is 34.6 Å². The van der Waals surface area contributed by atoms with E-state index in [0.29, 0.717) is 10.6 Å². The molecule has 0 radical (unpaired) electrons. The Morgan fingerprint density at radius 2 is 1.90 bits per heavy atom. The average Bonchev–Trinajstić information content (AvgIpc) is 2.91. The Morgan fingerprint density at radius 3 is 2.71 bits per heavy atom. The summed E-state index contributed by atoms with van der Waals surface area (Å²) >= 11 is 5.78. The Hall–Kier alpha value is -2.59. The summed E-state index contributed by atoms with van der Waals surface area (Å²) in [5.74, 6) is -0.275. The summed E-state index contributed by atoms with van der Waals surface area (Å²) in [5.41, 5.74) is 4.95. The van der Waals surface area contributed by atoms with E-state index in [4.69, 9.17) is 11.6 Å². The van der Waals surface area contributed by atoms with Crippen molar-refractivity contribution in [3.05, 3.63) is 70.9 Å². The van der Waals surface area contributed by atoms with Gasteiger partial charge in [-0.2, -0.15) is 5.10 Å². The van der Waals surface area contributed by atoms with Crippen LogP contribution in [0.15, 0.2) is 59.8 Å². The van der Waals surface area contributed by atoms with E-state index in [1.165, 1.54) is 0 Å². The molecule has 1 aromatic heterocycles. The second kappa shape index (κ2) is 5.81. The smallest absolute Gasteiger partial charge is 0.271 e. The molecule has 0 atom stereocenters. The van der Waals surface area contributed by atoms with Crippen LogP contribution in [-0.2, 0) is 0 Å². The summed E-state index contributed by atoms with van der Waals surface area (Å²) in [6.07, 6.45) is 3.47. The lowest BCUT2D eigenvalue weighted by Crippen LogP contribution is -2.17. The van der Waals surface area contributed by atoms with E-state index in [1.54, 1.807) is 30.5 Å². The van der Waals surface area contributed by atoms with Gasteiger partial charge < -0.3 is 4.98 Å². The zero-order valence-corrected chi connectivity index (χ0v) is 11.8. The van der Waals surface area contributed by atoms with E-state index < -0.39 is 0 Å². The number of para-hydroxylation sites is 1. The summed E-state index contributed by atoms with van der Waals surface area (Å²) in [4.78, 5) is 15.0. The van der Waals surface area contributed by atoms with Crippen molar-refractivity contribution in [3.63, 3.8) is 0 Å². The molecule has 0 aliphatic heterocycles. The summed E-state index contributed by atoms with van der Waals surface area (Å²) in [7, 11) is 0. The number of carbonyl (C=O) groups is 1. The van der Waals surface area contributed by atoms with Gasteiger partial charge in [0.25, 0.3) is 5.91 Å². The molecule has 1 amide bonds. The molecule has 2 N–H and O–H groups in total. The third-order valence-electron chi connectivity index (χ3n) is 3.10. The van der Waals surface area contributed by atoms with Crippen molar-refractivity contribution in [3.8, 4) is 0 Å². The molecule has 0 aliphatic carbocycles. The summed E-state index contributed by atoms with van der Waals surface area (Å²) in [6.45, 7) is 0. The SMILES string of the molecule is O=C(N/N=C/c1c[nH]c2ccccc12)c1ccc(Cl)cc1. The number of nitrogens with zero attached hydrogens (tertiary/aromatic N) is 1. The molecule has 0 bridgehead atoms. The largest absolute Gasteiger partial charge is 0.361 e. The van der Waals surface area contributed by atoms with E-state index in [1.807, 2.05) is 30.5 Å². The predicted molar refractivity (Wildman–Crippen MR) is 84.8 cm³/mol. The molecule has 4 nitrogen and oxygen atoms in total. The first-order valence-corrected chi connectivity index (χ1v) is 6.77. The first-order valence-electron chi connectivity index (χ1n) is 6.39. The Balaban J connectivity index is 1.72. The number of fused-ring (bicyclic) bond motifs is 1. The number of carbonyl (C=O) groups excluding carboxylic acids is 1. The lowest BCUT2D eigenvalue weighted by atomic mass is 10.2. The van der Waals surface area contributed by atoms with Crippen molar-refractivity contribution in [2.45, 2.75) is 0 Å². The molecule has 0 spiro atoms. The minimum Gasteiger partial charge on any atom is -0.361 e. The number of hydrazone groups is 1. The maximum absolute atomic E-state index is 11.9. The first kappa shape index (κ1) is 13.4. The first-order chi connectivity index (χ1) is 10.2. The van der Waals surface area contributed by atoms with Crippen LogP contribution < -0.4 is 5.43 Å². The zero-order valence-electron chi connectivity index (χ0n) is 11.0. The minimum atomic E-state index is -0.275. The monoisotopic (exact) mass is 297 g/mol. The topological polar surface area (TPSA) is 57.2 Å². The lowest BCUT2D eigenvalue weighted by molar-refractivity contribution is 0.0955. The molecule has 3 aromatic rings. The highest BCUT2D eigenvalue weighted by molar-refractivity contribution is 6.30. The number of aromatic amines is 1. The molecule has 104 valence electrons. The number of H-pyrrole nitrogens is 1. The van der Waals surface area contributed by atoms with Crippen LogP contribution in [0.2, 0.25) is 5.02 Å². The van der Waals surface area contributed by atoms with Crippen molar-refractivity contribution in [1.29, 1.82) is 0 Å². The van der Waals surface area contributed by atoms with E-state index in [2.05, 4.69) is 15.5 Å². The number of benzene rings is 2. The summed E-state index contributed by atoms with van der Waals surface area (Å²) < 4.78 is 0. The number of halogens is 1. The molecule has 2 aromatic carbocycles. The third-order valence-corrected chi connectivity index (χ3v) is 3.35.